The average Bonchev–Trinajstić information content (AvgIpc) is 3.25. The number of aryl methyl sites for hydroxylation is 1. The minimum atomic E-state index is -0.185. The van der Waals surface area contributed by atoms with Gasteiger partial charge in [-0.25, -0.2) is 9.97 Å². The molecule has 4 rings (SSSR count). The summed E-state index contributed by atoms with van der Waals surface area (Å²) >= 11 is 7.26. The summed E-state index contributed by atoms with van der Waals surface area (Å²) in [5.41, 5.74) is 8.66. The van der Waals surface area contributed by atoms with Gasteiger partial charge in [0, 0.05) is 16.4 Å². The first-order chi connectivity index (χ1) is 13.5. The highest BCUT2D eigenvalue weighted by molar-refractivity contribution is 7.17. The van der Waals surface area contributed by atoms with Gasteiger partial charge in [-0.1, -0.05) is 41.1 Å². The first-order valence-electron chi connectivity index (χ1n) is 8.46. The second kappa shape index (κ2) is 7.46. The van der Waals surface area contributed by atoms with E-state index in [1.54, 1.807) is 28.8 Å². The summed E-state index contributed by atoms with van der Waals surface area (Å²) in [7, 11) is 0. The van der Waals surface area contributed by atoms with Crippen LogP contribution in [0.15, 0.2) is 60.8 Å². The van der Waals surface area contributed by atoms with Crippen molar-refractivity contribution in [2.24, 2.45) is 0 Å². The zero-order valence-corrected chi connectivity index (χ0v) is 16.5. The van der Waals surface area contributed by atoms with Crippen LogP contribution in [0.25, 0.3) is 5.69 Å². The number of para-hydroxylation sites is 1. The lowest BCUT2D eigenvalue weighted by Crippen LogP contribution is -2.10. The number of thiazole rings is 1. The molecule has 0 aliphatic carbocycles. The van der Waals surface area contributed by atoms with Gasteiger partial charge in [-0.15, -0.1) is 0 Å². The van der Waals surface area contributed by atoms with Gasteiger partial charge >= 0.3 is 0 Å². The third-order valence-electron chi connectivity index (χ3n) is 4.13. The fourth-order valence-electron chi connectivity index (χ4n) is 2.81. The van der Waals surface area contributed by atoms with Gasteiger partial charge in [-0.2, -0.15) is 0 Å². The van der Waals surface area contributed by atoms with Crippen molar-refractivity contribution in [3.8, 4) is 5.69 Å². The van der Waals surface area contributed by atoms with Crippen molar-refractivity contribution in [2.45, 2.75) is 6.92 Å². The van der Waals surface area contributed by atoms with Crippen molar-refractivity contribution in [1.29, 1.82) is 0 Å². The third kappa shape index (κ3) is 3.49. The fourth-order valence-corrected chi connectivity index (χ4v) is 3.87. The summed E-state index contributed by atoms with van der Waals surface area (Å²) in [6, 6.07) is 16.7. The highest BCUT2D eigenvalue weighted by atomic mass is 35.5. The van der Waals surface area contributed by atoms with Crippen LogP contribution in [-0.2, 0) is 0 Å². The number of anilines is 3. The van der Waals surface area contributed by atoms with E-state index in [1.165, 1.54) is 17.5 Å². The Labute approximate surface area is 170 Å². The third-order valence-corrected chi connectivity index (χ3v) is 5.46. The summed E-state index contributed by atoms with van der Waals surface area (Å²) < 4.78 is 1.61. The number of rotatable bonds is 5. The molecule has 0 radical (unpaired) electrons. The van der Waals surface area contributed by atoms with Gasteiger partial charge in [-0.05, 0) is 43.3 Å². The minimum Gasteiger partial charge on any atom is -0.369 e. The molecule has 2 heterocycles. The molecular formula is C20H16ClN5OS. The maximum absolute atomic E-state index is 13.2. The van der Waals surface area contributed by atoms with E-state index in [-0.39, 0.29) is 11.7 Å². The Bertz CT molecular complexity index is 1140. The van der Waals surface area contributed by atoms with E-state index in [4.69, 9.17) is 17.3 Å². The number of nitrogens with zero attached hydrogens (tertiary/aromatic N) is 3. The molecule has 140 valence electrons. The molecule has 0 amide bonds. The predicted octanol–water partition coefficient (Wildman–Crippen LogP) is 4.85. The Kier molecular flexibility index (Phi) is 4.85. The average molecular weight is 410 g/mol. The van der Waals surface area contributed by atoms with Crippen LogP contribution >= 0.6 is 22.9 Å². The zero-order chi connectivity index (χ0) is 19.7. The van der Waals surface area contributed by atoms with Gasteiger partial charge in [-0.3, -0.25) is 9.36 Å². The molecule has 0 aliphatic rings. The van der Waals surface area contributed by atoms with Crippen molar-refractivity contribution < 1.29 is 4.79 Å². The lowest BCUT2D eigenvalue weighted by Gasteiger charge is -2.09. The lowest BCUT2D eigenvalue weighted by atomic mass is 10.2. The Balaban J connectivity index is 1.68. The fraction of sp³-hybridized carbons (Fsp3) is 0.0500. The van der Waals surface area contributed by atoms with Crippen LogP contribution in [0, 0.1) is 6.92 Å². The Hall–Kier alpha value is -3.16. The molecule has 2 aromatic heterocycles. The van der Waals surface area contributed by atoms with Crippen LogP contribution in [0.3, 0.4) is 0 Å². The van der Waals surface area contributed by atoms with Crippen LogP contribution < -0.4 is 11.1 Å². The number of hydrogen-bond acceptors (Lipinski definition) is 6. The lowest BCUT2D eigenvalue weighted by molar-refractivity contribution is 0.103. The molecule has 3 N–H and O–H groups in total. The summed E-state index contributed by atoms with van der Waals surface area (Å²) in [6.07, 6.45) is 1.48. The molecule has 0 saturated heterocycles. The van der Waals surface area contributed by atoms with Gasteiger partial charge in [0.25, 0.3) is 0 Å². The van der Waals surface area contributed by atoms with Gasteiger partial charge in [0.1, 0.15) is 10.6 Å². The van der Waals surface area contributed by atoms with Gasteiger partial charge in [0.15, 0.2) is 5.13 Å². The molecule has 6 nitrogen and oxygen atoms in total. The predicted molar refractivity (Wildman–Crippen MR) is 113 cm³/mol. The van der Waals surface area contributed by atoms with Crippen molar-refractivity contribution >= 4 is 45.5 Å². The highest BCUT2D eigenvalue weighted by Crippen LogP contribution is 2.29. The van der Waals surface area contributed by atoms with E-state index < -0.39 is 0 Å². The quantitative estimate of drug-likeness (QED) is 0.460. The SMILES string of the molecule is Cc1nc(Nc2ccccc2)sc1C(=O)c1cnc(N)n1-c1ccc(Cl)cc1. The van der Waals surface area contributed by atoms with Gasteiger partial charge in [0.05, 0.1) is 11.9 Å². The maximum atomic E-state index is 13.2. The van der Waals surface area contributed by atoms with Gasteiger partial charge < -0.3 is 11.1 Å². The maximum Gasteiger partial charge on any atom is 0.223 e. The number of nitrogens with two attached hydrogens (primary N) is 1. The molecule has 2 aromatic carbocycles. The number of nitrogens with one attached hydrogen (secondary N) is 1. The molecule has 8 heteroatoms. The van der Waals surface area contributed by atoms with E-state index in [2.05, 4.69) is 15.3 Å². The second-order valence-electron chi connectivity index (χ2n) is 6.07. The topological polar surface area (TPSA) is 85.8 Å². The van der Waals surface area contributed by atoms with E-state index in [1.807, 2.05) is 37.3 Å². The second-order valence-corrected chi connectivity index (χ2v) is 7.50. The molecule has 0 fully saturated rings. The van der Waals surface area contributed by atoms with E-state index in [9.17, 15) is 4.79 Å². The first-order valence-corrected chi connectivity index (χ1v) is 9.66. The van der Waals surface area contributed by atoms with Crippen LogP contribution in [0.1, 0.15) is 21.1 Å². The Morgan fingerprint density at radius 3 is 2.57 bits per heavy atom. The Morgan fingerprint density at radius 2 is 1.86 bits per heavy atom. The standard InChI is InChI=1S/C20H16ClN5OS/c1-12-18(28-20(24-12)25-14-5-3-2-4-6-14)17(27)16-11-23-19(22)26(16)15-9-7-13(21)8-10-15/h2-11H,1H3,(H2,22,23)(H,24,25). The van der Waals surface area contributed by atoms with Crippen LogP contribution in [0.5, 0.6) is 0 Å². The minimum absolute atomic E-state index is 0.185. The summed E-state index contributed by atoms with van der Waals surface area (Å²) in [4.78, 5) is 22.3. The molecular weight excluding hydrogens is 394 g/mol. The van der Waals surface area contributed by atoms with E-state index >= 15 is 0 Å². The smallest absolute Gasteiger partial charge is 0.223 e. The number of carbonyl (C=O) groups is 1. The van der Waals surface area contributed by atoms with Crippen LogP contribution in [-0.4, -0.2) is 20.3 Å². The molecule has 4 aromatic rings. The van der Waals surface area contributed by atoms with Crippen LogP contribution in [0.4, 0.5) is 16.8 Å². The normalized spacial score (nSPS) is 10.8. The molecule has 0 spiro atoms. The first kappa shape index (κ1) is 18.2. The molecule has 28 heavy (non-hydrogen) atoms. The summed E-state index contributed by atoms with van der Waals surface area (Å²) in [5.74, 6) is 0.0470. The van der Waals surface area contributed by atoms with E-state index in [0.29, 0.717) is 32.1 Å². The number of aromatic nitrogens is 3. The summed E-state index contributed by atoms with van der Waals surface area (Å²) in [6.45, 7) is 1.81. The Morgan fingerprint density at radius 1 is 1.14 bits per heavy atom. The van der Waals surface area contributed by atoms with Gasteiger partial charge in [0.2, 0.25) is 11.7 Å². The monoisotopic (exact) mass is 409 g/mol. The summed E-state index contributed by atoms with van der Waals surface area (Å²) in [5, 5.41) is 4.48. The number of imidazole rings is 1. The molecule has 0 unspecified atom stereocenters. The zero-order valence-electron chi connectivity index (χ0n) is 14.9. The van der Waals surface area contributed by atoms with Crippen molar-refractivity contribution in [3.63, 3.8) is 0 Å². The highest BCUT2D eigenvalue weighted by Gasteiger charge is 2.23. The largest absolute Gasteiger partial charge is 0.369 e. The number of ketones is 1. The number of nitrogen functional groups attached to an aromatic ring is 1. The number of benzene rings is 2. The van der Waals surface area contributed by atoms with Crippen molar-refractivity contribution in [3.05, 3.63) is 82.1 Å². The van der Waals surface area contributed by atoms with Crippen molar-refractivity contribution in [2.75, 3.05) is 11.1 Å². The van der Waals surface area contributed by atoms with E-state index in [0.717, 1.165) is 5.69 Å². The molecule has 0 atom stereocenters. The van der Waals surface area contributed by atoms with Crippen molar-refractivity contribution in [1.82, 2.24) is 14.5 Å². The molecule has 0 bridgehead atoms. The number of carbonyl (C=O) groups excluding carboxylic acids is 1. The number of halogens is 1. The van der Waals surface area contributed by atoms with Crippen LogP contribution in [0.2, 0.25) is 5.02 Å². The molecule has 0 saturated carbocycles. The molecule has 0 aliphatic heterocycles. The number of hydrogen-bond donors (Lipinski definition) is 2.